The second kappa shape index (κ2) is 8.56. The molecule has 1 atom stereocenters. The second-order valence-electron chi connectivity index (χ2n) is 9.03. The minimum absolute atomic E-state index is 0.0689. The Morgan fingerprint density at radius 1 is 0.933 bits per heavy atom. The largest absolute Gasteiger partial charge is 0.486 e. The number of para-hydroxylation sites is 1. The molecule has 1 N–H and O–H groups in total. The summed E-state index contributed by atoms with van der Waals surface area (Å²) in [6.45, 7) is 3.81. The Hall–Kier alpha value is -2.11. The number of hydrogen-bond acceptors (Lipinski definition) is 5. The summed E-state index contributed by atoms with van der Waals surface area (Å²) in [6, 6.07) is 12.5. The summed E-state index contributed by atoms with van der Waals surface area (Å²) >= 11 is 0. The van der Waals surface area contributed by atoms with Crippen molar-refractivity contribution in [1.82, 2.24) is 10.3 Å². The van der Waals surface area contributed by atoms with Gasteiger partial charge in [-0.2, -0.15) is 0 Å². The first-order valence-corrected chi connectivity index (χ1v) is 11.4. The Balaban J connectivity index is 1.28. The van der Waals surface area contributed by atoms with Gasteiger partial charge in [0.15, 0.2) is 11.5 Å². The van der Waals surface area contributed by atoms with Crippen LogP contribution in [0.5, 0.6) is 11.5 Å². The van der Waals surface area contributed by atoms with Crippen LogP contribution in [0.1, 0.15) is 56.2 Å². The first kappa shape index (κ1) is 19.8. The van der Waals surface area contributed by atoms with Crippen LogP contribution in [0.2, 0.25) is 0 Å². The van der Waals surface area contributed by atoms with Gasteiger partial charge in [-0.25, -0.2) is 0 Å². The summed E-state index contributed by atoms with van der Waals surface area (Å²) in [5.74, 6) is 1.75. The predicted molar refractivity (Wildman–Crippen MR) is 116 cm³/mol. The normalized spacial score (nSPS) is 24.8. The molecule has 1 aliphatic carbocycles. The summed E-state index contributed by atoms with van der Waals surface area (Å²) in [7, 11) is 0. The first-order chi connectivity index (χ1) is 14.8. The maximum absolute atomic E-state index is 6.36. The summed E-state index contributed by atoms with van der Waals surface area (Å²) < 4.78 is 17.9. The maximum atomic E-state index is 6.36. The van der Waals surface area contributed by atoms with E-state index in [1.165, 1.54) is 36.9 Å². The van der Waals surface area contributed by atoms with E-state index in [2.05, 4.69) is 23.5 Å². The molecule has 1 aromatic carbocycles. The van der Waals surface area contributed by atoms with Gasteiger partial charge < -0.3 is 19.5 Å². The average molecular weight is 409 g/mol. The van der Waals surface area contributed by atoms with Gasteiger partial charge in [0.2, 0.25) is 0 Å². The van der Waals surface area contributed by atoms with Crippen LogP contribution in [-0.2, 0) is 16.7 Å². The van der Waals surface area contributed by atoms with Crippen molar-refractivity contribution in [3.8, 4) is 11.5 Å². The molecule has 0 amide bonds. The fraction of sp³-hybridized carbons (Fsp3) is 0.560. The number of nitrogens with zero attached hydrogens (tertiary/aromatic N) is 1. The number of nitrogens with one attached hydrogen (secondary N) is 1. The van der Waals surface area contributed by atoms with Crippen LogP contribution in [0.4, 0.5) is 0 Å². The molecule has 0 bridgehead atoms. The number of hydrogen-bond donors (Lipinski definition) is 1. The molecule has 2 fully saturated rings. The molecular weight excluding hydrogens is 376 g/mol. The van der Waals surface area contributed by atoms with Crippen molar-refractivity contribution in [3.05, 3.63) is 53.9 Å². The fourth-order valence-electron chi connectivity index (χ4n) is 5.62. The van der Waals surface area contributed by atoms with Gasteiger partial charge in [0.1, 0.15) is 13.2 Å². The molecule has 1 saturated heterocycles. The highest BCUT2D eigenvalue weighted by Gasteiger charge is 2.48. The third kappa shape index (κ3) is 3.93. The summed E-state index contributed by atoms with van der Waals surface area (Å²) in [6.07, 6.45) is 10.1. The number of rotatable bonds is 6. The zero-order chi connectivity index (χ0) is 20.3. The molecular formula is C25H32N2O3. The maximum Gasteiger partial charge on any atom is 0.165 e. The van der Waals surface area contributed by atoms with Gasteiger partial charge in [-0.3, -0.25) is 4.98 Å². The summed E-state index contributed by atoms with van der Waals surface area (Å²) in [4.78, 5) is 4.80. The van der Waals surface area contributed by atoms with E-state index in [9.17, 15) is 0 Å². The molecule has 5 rings (SSSR count). The molecule has 30 heavy (non-hydrogen) atoms. The van der Waals surface area contributed by atoms with Gasteiger partial charge in [0, 0.05) is 36.0 Å². The van der Waals surface area contributed by atoms with E-state index in [0.717, 1.165) is 50.5 Å². The van der Waals surface area contributed by atoms with E-state index in [0.29, 0.717) is 13.2 Å². The predicted octanol–water partition coefficient (Wildman–Crippen LogP) is 4.39. The van der Waals surface area contributed by atoms with E-state index < -0.39 is 0 Å². The van der Waals surface area contributed by atoms with Gasteiger partial charge in [0.05, 0.1) is 5.60 Å². The van der Waals surface area contributed by atoms with Crippen molar-refractivity contribution >= 4 is 0 Å². The van der Waals surface area contributed by atoms with Crippen molar-refractivity contribution in [3.63, 3.8) is 0 Å². The van der Waals surface area contributed by atoms with E-state index in [4.69, 9.17) is 19.2 Å². The first-order valence-electron chi connectivity index (χ1n) is 11.4. The molecule has 1 aromatic heterocycles. The quantitative estimate of drug-likeness (QED) is 0.719. The molecule has 0 radical (unpaired) electrons. The van der Waals surface area contributed by atoms with E-state index in [-0.39, 0.29) is 11.0 Å². The molecule has 0 unspecified atom stereocenters. The lowest BCUT2D eigenvalue weighted by Crippen LogP contribution is -2.47. The van der Waals surface area contributed by atoms with Crippen molar-refractivity contribution in [2.75, 3.05) is 26.4 Å². The number of fused-ring (bicyclic) bond motifs is 1. The Labute approximate surface area is 179 Å². The molecule has 5 nitrogen and oxygen atoms in total. The highest BCUT2D eigenvalue weighted by Crippen LogP contribution is 2.49. The number of pyridine rings is 1. The summed E-state index contributed by atoms with van der Waals surface area (Å²) in [5.41, 5.74) is 2.56. The SMILES string of the molecule is c1ccc([C@]2(CCNCc3cccc4c3OCCO4)CCOC3(CCCC3)C2)nc1. The highest BCUT2D eigenvalue weighted by molar-refractivity contribution is 5.47. The standard InChI is InChI=1S/C25H32N2O3/c1-4-13-27-22(8-1)24(12-15-30-25(19-24)9-2-3-10-25)11-14-26-18-20-6-5-7-21-23(20)29-17-16-28-21/h1,4-8,13,26H,2-3,9-12,14-19H2/t24-/m1/s1. The molecule has 5 heteroatoms. The second-order valence-corrected chi connectivity index (χ2v) is 9.03. The Morgan fingerprint density at radius 2 is 1.83 bits per heavy atom. The van der Waals surface area contributed by atoms with Crippen molar-refractivity contribution in [2.45, 2.75) is 62.5 Å². The van der Waals surface area contributed by atoms with Gasteiger partial charge in [-0.1, -0.05) is 31.0 Å². The van der Waals surface area contributed by atoms with Crippen LogP contribution in [0, 0.1) is 0 Å². The lowest BCUT2D eigenvalue weighted by atomic mass is 9.68. The Bertz CT molecular complexity index is 851. The van der Waals surface area contributed by atoms with E-state index in [1.54, 1.807) is 0 Å². The molecule has 2 aliphatic heterocycles. The van der Waals surface area contributed by atoms with Crippen LogP contribution >= 0.6 is 0 Å². The van der Waals surface area contributed by atoms with Gasteiger partial charge in [-0.15, -0.1) is 0 Å². The minimum Gasteiger partial charge on any atom is -0.486 e. The molecule has 160 valence electrons. The highest BCUT2D eigenvalue weighted by atomic mass is 16.6. The summed E-state index contributed by atoms with van der Waals surface area (Å²) in [5, 5.41) is 3.67. The van der Waals surface area contributed by atoms with Gasteiger partial charge in [-0.05, 0) is 56.8 Å². The van der Waals surface area contributed by atoms with Crippen LogP contribution in [0.25, 0.3) is 0 Å². The van der Waals surface area contributed by atoms with Crippen LogP contribution in [0.15, 0.2) is 42.6 Å². The number of aromatic nitrogens is 1. The molecule has 3 aliphatic rings. The van der Waals surface area contributed by atoms with Gasteiger partial charge >= 0.3 is 0 Å². The zero-order valence-corrected chi connectivity index (χ0v) is 17.7. The Kier molecular flexibility index (Phi) is 5.66. The van der Waals surface area contributed by atoms with Crippen LogP contribution in [0.3, 0.4) is 0 Å². The topological polar surface area (TPSA) is 52.6 Å². The third-order valence-electron chi connectivity index (χ3n) is 7.12. The number of benzene rings is 1. The molecule has 1 spiro atoms. The zero-order valence-electron chi connectivity index (χ0n) is 17.7. The lowest BCUT2D eigenvalue weighted by molar-refractivity contribution is -0.104. The third-order valence-corrected chi connectivity index (χ3v) is 7.12. The van der Waals surface area contributed by atoms with Crippen LogP contribution in [-0.4, -0.2) is 37.0 Å². The smallest absolute Gasteiger partial charge is 0.165 e. The van der Waals surface area contributed by atoms with E-state index >= 15 is 0 Å². The van der Waals surface area contributed by atoms with Gasteiger partial charge in [0.25, 0.3) is 0 Å². The molecule has 1 saturated carbocycles. The van der Waals surface area contributed by atoms with Crippen molar-refractivity contribution in [1.29, 1.82) is 0 Å². The molecule has 3 heterocycles. The molecule has 2 aromatic rings. The number of ether oxygens (including phenoxy) is 3. The van der Waals surface area contributed by atoms with E-state index in [1.807, 2.05) is 24.4 Å². The lowest BCUT2D eigenvalue weighted by Gasteiger charge is -2.46. The monoisotopic (exact) mass is 408 g/mol. The minimum atomic E-state index is 0.0689. The van der Waals surface area contributed by atoms with Crippen LogP contribution < -0.4 is 14.8 Å². The average Bonchev–Trinajstić information content (AvgIpc) is 3.24. The van der Waals surface area contributed by atoms with Crippen molar-refractivity contribution in [2.24, 2.45) is 0 Å². The fourth-order valence-corrected chi connectivity index (χ4v) is 5.62. The van der Waals surface area contributed by atoms with Crippen molar-refractivity contribution < 1.29 is 14.2 Å². The Morgan fingerprint density at radius 3 is 2.70 bits per heavy atom.